The molecule has 2 saturated heterocycles. The smallest absolute Gasteiger partial charge is 0.338 e. The normalized spacial score (nSPS) is 23.0. The largest absolute Gasteiger partial charge is 0.463 e. The van der Waals surface area contributed by atoms with Crippen LogP contribution in [0.2, 0.25) is 0 Å². The number of carbonyl (C=O) groups excluding carboxylic acids is 2. The predicted octanol–water partition coefficient (Wildman–Crippen LogP) is 4.64. The first kappa shape index (κ1) is 34.2. The maximum Gasteiger partial charge on any atom is 0.338 e. The molecule has 5 rings (SSSR count). The number of halogens is 1. The maximum absolute atomic E-state index is 14.9. The molecule has 0 saturated carbocycles. The molecule has 3 aliphatic heterocycles. The Morgan fingerprint density at radius 3 is 2.67 bits per heavy atom. The number of fused-ring (bicyclic) bond motifs is 1. The lowest BCUT2D eigenvalue weighted by Gasteiger charge is -2.48. The third kappa shape index (κ3) is 7.67. The molecule has 1 N–H and O–H groups in total. The second-order valence-electron chi connectivity index (χ2n) is 13.8. The first-order chi connectivity index (χ1) is 21.8. The van der Waals surface area contributed by atoms with Gasteiger partial charge in [0, 0.05) is 56.0 Å². The molecule has 4 heterocycles. The van der Waals surface area contributed by atoms with Crippen LogP contribution in [0.1, 0.15) is 70.1 Å². The molecular weight excluding hydrogens is 609 g/mol. The predicted molar refractivity (Wildman–Crippen MR) is 175 cm³/mol. The van der Waals surface area contributed by atoms with Crippen LogP contribution in [0.4, 0.5) is 4.39 Å². The minimum Gasteiger partial charge on any atom is -0.463 e. The van der Waals surface area contributed by atoms with Crippen molar-refractivity contribution in [2.45, 2.75) is 78.7 Å². The van der Waals surface area contributed by atoms with Crippen molar-refractivity contribution in [3.63, 3.8) is 0 Å². The minimum atomic E-state index is -0.779. The van der Waals surface area contributed by atoms with Crippen LogP contribution in [0.5, 0.6) is 0 Å². The van der Waals surface area contributed by atoms with Crippen LogP contribution < -0.4 is 5.32 Å². The molecule has 1 aromatic heterocycles. The number of hydrogen-bond donors (Lipinski definition) is 1. The number of amidine groups is 1. The fourth-order valence-electron chi connectivity index (χ4n) is 6.35. The zero-order chi connectivity index (χ0) is 33.2. The number of ether oxygens (including phenoxy) is 3. The molecule has 250 valence electrons. The lowest BCUT2D eigenvalue weighted by Crippen LogP contribution is -2.61. The zero-order valence-electron chi connectivity index (χ0n) is 27.9. The van der Waals surface area contributed by atoms with E-state index in [0.29, 0.717) is 66.0 Å². The number of carbonyl (C=O) groups is 2. The maximum atomic E-state index is 14.9. The van der Waals surface area contributed by atoms with Gasteiger partial charge in [0.2, 0.25) is 0 Å². The number of morpholine rings is 1. The second-order valence-corrected chi connectivity index (χ2v) is 14.7. The van der Waals surface area contributed by atoms with Gasteiger partial charge in [-0.3, -0.25) is 14.7 Å². The Hall–Kier alpha value is -3.19. The Balaban J connectivity index is 1.47. The van der Waals surface area contributed by atoms with E-state index in [1.54, 1.807) is 26.1 Å². The highest BCUT2D eigenvalue weighted by atomic mass is 32.1. The highest BCUT2D eigenvalue weighted by Gasteiger charge is 2.42. The standard InChI is InChI=1S/C34H46FN5O5S/c1-8-43-31(41)27-24(37-29(30-36-13-17-46-30)38-28(27)22-10-9-11-23(35)21(22)2)18-40-15-16-44-26-12-14-39(19-25(26)40)20-34(6,7)32(42)45-33(3,4)5/h9-11,13,17,25-26,28H,8,12,14-16,18-20H2,1-7H3,(H,37,38)/t25-,26+,28+/m1/s1. The Morgan fingerprint density at radius 1 is 1.20 bits per heavy atom. The van der Waals surface area contributed by atoms with Crippen molar-refractivity contribution < 1.29 is 28.2 Å². The van der Waals surface area contributed by atoms with Crippen molar-refractivity contribution in [1.29, 1.82) is 0 Å². The van der Waals surface area contributed by atoms with Crippen LogP contribution in [-0.4, -0.2) is 96.2 Å². The zero-order valence-corrected chi connectivity index (χ0v) is 28.7. The summed E-state index contributed by atoms with van der Waals surface area (Å²) in [5.41, 5.74) is 0.788. The van der Waals surface area contributed by atoms with E-state index in [0.717, 1.165) is 13.0 Å². The number of likely N-dealkylation sites (tertiary alicyclic amines) is 1. The number of esters is 2. The van der Waals surface area contributed by atoms with E-state index in [4.69, 9.17) is 19.2 Å². The van der Waals surface area contributed by atoms with Gasteiger partial charge in [-0.15, -0.1) is 11.3 Å². The van der Waals surface area contributed by atoms with Gasteiger partial charge in [0.15, 0.2) is 10.8 Å². The molecule has 10 nitrogen and oxygen atoms in total. The topological polar surface area (TPSA) is 106 Å². The highest BCUT2D eigenvalue weighted by Crippen LogP contribution is 2.36. The summed E-state index contributed by atoms with van der Waals surface area (Å²) in [6.45, 7) is 16.8. The highest BCUT2D eigenvalue weighted by molar-refractivity contribution is 7.11. The molecule has 0 unspecified atom stereocenters. The van der Waals surface area contributed by atoms with Gasteiger partial charge in [-0.05, 0) is 72.1 Å². The van der Waals surface area contributed by atoms with Crippen LogP contribution in [0.3, 0.4) is 0 Å². The number of aliphatic imine (C=N–C) groups is 1. The molecule has 0 bridgehead atoms. The van der Waals surface area contributed by atoms with Crippen LogP contribution >= 0.6 is 11.3 Å². The molecule has 0 spiro atoms. The lowest BCUT2D eigenvalue weighted by molar-refractivity contribution is -0.168. The summed E-state index contributed by atoms with van der Waals surface area (Å²) in [6.07, 6.45) is 2.54. The van der Waals surface area contributed by atoms with E-state index in [1.807, 2.05) is 46.1 Å². The third-order valence-electron chi connectivity index (χ3n) is 8.58. The molecule has 0 aliphatic carbocycles. The number of thiazole rings is 1. The molecular formula is C34H46FN5O5S. The SMILES string of the molecule is CCOC(=O)C1=C(CN2CCO[C@H]3CCN(CC(C)(C)C(=O)OC(C)(C)C)C[C@H]32)NC(c2nccs2)=N[C@H]1c1cccc(F)c1C. The average Bonchev–Trinajstić information content (AvgIpc) is 3.53. The molecule has 0 amide bonds. The first-order valence-corrected chi connectivity index (χ1v) is 16.9. The number of hydrogen-bond acceptors (Lipinski definition) is 11. The Labute approximate surface area is 275 Å². The third-order valence-corrected chi connectivity index (χ3v) is 9.36. The minimum absolute atomic E-state index is 0.0123. The summed E-state index contributed by atoms with van der Waals surface area (Å²) < 4.78 is 32.4. The van der Waals surface area contributed by atoms with E-state index >= 15 is 0 Å². The van der Waals surface area contributed by atoms with Crippen LogP contribution in [0, 0.1) is 18.2 Å². The van der Waals surface area contributed by atoms with Gasteiger partial charge >= 0.3 is 11.9 Å². The summed E-state index contributed by atoms with van der Waals surface area (Å²) in [7, 11) is 0. The monoisotopic (exact) mass is 655 g/mol. The molecule has 2 aromatic rings. The molecule has 3 atom stereocenters. The van der Waals surface area contributed by atoms with E-state index in [9.17, 15) is 14.0 Å². The van der Waals surface area contributed by atoms with Crippen LogP contribution in [-0.2, 0) is 23.8 Å². The number of rotatable bonds is 9. The van der Waals surface area contributed by atoms with Gasteiger partial charge in [-0.1, -0.05) is 12.1 Å². The van der Waals surface area contributed by atoms with E-state index < -0.39 is 23.0 Å². The summed E-state index contributed by atoms with van der Waals surface area (Å²) in [5.74, 6) is -0.544. The van der Waals surface area contributed by atoms with Gasteiger partial charge in [0.05, 0.1) is 30.3 Å². The molecule has 2 fully saturated rings. The quantitative estimate of drug-likeness (QED) is 0.387. The van der Waals surface area contributed by atoms with Gasteiger partial charge in [0.25, 0.3) is 0 Å². The number of benzene rings is 1. The first-order valence-electron chi connectivity index (χ1n) is 16.0. The van der Waals surface area contributed by atoms with E-state index in [1.165, 1.54) is 17.4 Å². The van der Waals surface area contributed by atoms with Crippen LogP contribution in [0.25, 0.3) is 0 Å². The second kappa shape index (κ2) is 13.9. The van der Waals surface area contributed by atoms with E-state index in [-0.39, 0.29) is 30.5 Å². The Bertz CT molecular complexity index is 1490. The van der Waals surface area contributed by atoms with Crippen molar-refractivity contribution in [3.05, 3.63) is 63.0 Å². The summed E-state index contributed by atoms with van der Waals surface area (Å²) in [4.78, 5) is 40.8. The summed E-state index contributed by atoms with van der Waals surface area (Å²) in [5, 5.41) is 5.98. The number of nitrogens with zero attached hydrogens (tertiary/aromatic N) is 4. The fraction of sp³-hybridized carbons (Fsp3) is 0.588. The Morgan fingerprint density at radius 2 is 1.98 bits per heavy atom. The summed E-state index contributed by atoms with van der Waals surface area (Å²) in [6, 6.07) is 4.10. The van der Waals surface area contributed by atoms with Crippen molar-refractivity contribution >= 4 is 29.1 Å². The van der Waals surface area contributed by atoms with Gasteiger partial charge in [-0.2, -0.15) is 0 Å². The lowest BCUT2D eigenvalue weighted by atomic mass is 9.89. The average molecular weight is 656 g/mol. The van der Waals surface area contributed by atoms with Gasteiger partial charge in [-0.25, -0.2) is 14.2 Å². The molecule has 12 heteroatoms. The van der Waals surface area contributed by atoms with Gasteiger partial charge < -0.3 is 24.4 Å². The van der Waals surface area contributed by atoms with Gasteiger partial charge in [0.1, 0.15) is 17.5 Å². The molecule has 1 aromatic carbocycles. The fourth-order valence-corrected chi connectivity index (χ4v) is 6.94. The number of piperidine rings is 1. The van der Waals surface area contributed by atoms with Crippen molar-refractivity contribution in [2.75, 3.05) is 45.9 Å². The summed E-state index contributed by atoms with van der Waals surface area (Å²) >= 11 is 1.44. The van der Waals surface area contributed by atoms with Crippen molar-refractivity contribution in [3.8, 4) is 0 Å². The number of aromatic nitrogens is 1. The number of nitrogens with one attached hydrogen (secondary N) is 1. The Kier molecular flexibility index (Phi) is 10.3. The molecule has 0 radical (unpaired) electrons. The molecule has 46 heavy (non-hydrogen) atoms. The van der Waals surface area contributed by atoms with Crippen molar-refractivity contribution in [1.82, 2.24) is 20.1 Å². The van der Waals surface area contributed by atoms with Crippen LogP contribution in [0.15, 0.2) is 46.0 Å². The molecule has 3 aliphatic rings. The van der Waals surface area contributed by atoms with Crippen molar-refractivity contribution in [2.24, 2.45) is 10.4 Å². The van der Waals surface area contributed by atoms with E-state index in [2.05, 4.69) is 20.1 Å².